The van der Waals surface area contributed by atoms with E-state index in [4.69, 9.17) is 5.26 Å². The number of nitriles is 1. The molecule has 0 radical (unpaired) electrons. The lowest BCUT2D eigenvalue weighted by Crippen LogP contribution is -2.17. The molecule has 2 aromatic carbocycles. The van der Waals surface area contributed by atoms with Crippen molar-refractivity contribution in [1.29, 1.82) is 5.26 Å². The smallest absolute Gasteiger partial charge is 0.0995 e. The van der Waals surface area contributed by atoms with Gasteiger partial charge in [0.25, 0.3) is 0 Å². The number of hydrogen-bond donors (Lipinski definition) is 0. The lowest BCUT2D eigenvalue weighted by Gasteiger charge is -2.20. The standard InChI is InChI=1S/C17H18N2/c1-3-14-8-10-17(11-9-14)19(2)13-16-7-5-4-6-15(16)12-18/h4-11H,3,13H2,1-2H3. The highest BCUT2D eigenvalue weighted by Crippen LogP contribution is 2.18. The van der Waals surface area contributed by atoms with E-state index in [-0.39, 0.29) is 0 Å². The van der Waals surface area contributed by atoms with E-state index in [1.165, 1.54) is 11.3 Å². The molecule has 19 heavy (non-hydrogen) atoms. The minimum absolute atomic E-state index is 0.745. The second-order valence-electron chi connectivity index (χ2n) is 4.65. The molecule has 2 aromatic rings. The Morgan fingerprint density at radius 1 is 1.05 bits per heavy atom. The highest BCUT2D eigenvalue weighted by Gasteiger charge is 2.05. The molecular formula is C17H18N2. The summed E-state index contributed by atoms with van der Waals surface area (Å²) in [5.41, 5.74) is 4.33. The van der Waals surface area contributed by atoms with Crippen molar-refractivity contribution in [3.63, 3.8) is 0 Å². The van der Waals surface area contributed by atoms with Crippen LogP contribution in [0.25, 0.3) is 0 Å². The summed E-state index contributed by atoms with van der Waals surface area (Å²) in [6.07, 6.45) is 1.06. The van der Waals surface area contributed by atoms with Gasteiger partial charge in [0.2, 0.25) is 0 Å². The van der Waals surface area contributed by atoms with E-state index in [1.807, 2.05) is 24.3 Å². The Morgan fingerprint density at radius 2 is 1.74 bits per heavy atom. The van der Waals surface area contributed by atoms with Crippen LogP contribution in [-0.4, -0.2) is 7.05 Å². The van der Waals surface area contributed by atoms with Crippen LogP contribution < -0.4 is 4.90 Å². The molecule has 0 aliphatic heterocycles. The third-order valence-corrected chi connectivity index (χ3v) is 3.33. The minimum Gasteiger partial charge on any atom is -0.370 e. The molecule has 0 saturated heterocycles. The van der Waals surface area contributed by atoms with Gasteiger partial charge in [0.1, 0.15) is 0 Å². The topological polar surface area (TPSA) is 27.0 Å². The normalized spacial score (nSPS) is 9.95. The molecule has 0 spiro atoms. The Bertz CT molecular complexity index is 579. The van der Waals surface area contributed by atoms with Gasteiger partial charge in [0.15, 0.2) is 0 Å². The number of nitrogens with zero attached hydrogens (tertiary/aromatic N) is 2. The summed E-state index contributed by atoms with van der Waals surface area (Å²) in [7, 11) is 2.05. The van der Waals surface area contributed by atoms with Crippen LogP contribution in [0.15, 0.2) is 48.5 Å². The predicted octanol–water partition coefficient (Wildman–Crippen LogP) is 3.76. The molecule has 0 amide bonds. The number of hydrogen-bond acceptors (Lipinski definition) is 2. The number of aryl methyl sites for hydroxylation is 1. The van der Waals surface area contributed by atoms with E-state index in [2.05, 4.69) is 49.2 Å². The summed E-state index contributed by atoms with van der Waals surface area (Å²) >= 11 is 0. The summed E-state index contributed by atoms with van der Waals surface area (Å²) in [4.78, 5) is 2.16. The van der Waals surface area contributed by atoms with Crippen molar-refractivity contribution in [2.24, 2.45) is 0 Å². The molecule has 0 fully saturated rings. The van der Waals surface area contributed by atoms with Crippen molar-refractivity contribution in [1.82, 2.24) is 0 Å². The summed E-state index contributed by atoms with van der Waals surface area (Å²) in [6.45, 7) is 2.90. The first-order valence-electron chi connectivity index (χ1n) is 6.52. The Labute approximate surface area is 114 Å². The van der Waals surface area contributed by atoms with Crippen molar-refractivity contribution in [3.05, 3.63) is 65.2 Å². The van der Waals surface area contributed by atoms with E-state index < -0.39 is 0 Å². The number of rotatable bonds is 4. The molecule has 0 aromatic heterocycles. The van der Waals surface area contributed by atoms with Crippen LogP contribution in [0.5, 0.6) is 0 Å². The lowest BCUT2D eigenvalue weighted by atomic mass is 10.1. The van der Waals surface area contributed by atoms with Crippen LogP contribution in [0, 0.1) is 11.3 Å². The van der Waals surface area contributed by atoms with Crippen LogP contribution in [0.4, 0.5) is 5.69 Å². The zero-order valence-electron chi connectivity index (χ0n) is 11.4. The van der Waals surface area contributed by atoms with Crippen molar-refractivity contribution in [3.8, 4) is 6.07 Å². The predicted molar refractivity (Wildman–Crippen MR) is 79.1 cm³/mol. The Kier molecular flexibility index (Phi) is 4.20. The first-order valence-corrected chi connectivity index (χ1v) is 6.52. The maximum absolute atomic E-state index is 9.10. The Morgan fingerprint density at radius 3 is 2.37 bits per heavy atom. The Balaban J connectivity index is 2.16. The maximum Gasteiger partial charge on any atom is 0.0995 e. The highest BCUT2D eigenvalue weighted by atomic mass is 15.1. The van der Waals surface area contributed by atoms with E-state index in [0.29, 0.717) is 0 Å². The van der Waals surface area contributed by atoms with Gasteiger partial charge >= 0.3 is 0 Å². The summed E-state index contributed by atoms with van der Waals surface area (Å²) in [6, 6.07) is 18.6. The van der Waals surface area contributed by atoms with Gasteiger partial charge in [0.05, 0.1) is 11.6 Å². The van der Waals surface area contributed by atoms with Gasteiger partial charge in [-0.15, -0.1) is 0 Å². The van der Waals surface area contributed by atoms with Crippen LogP contribution >= 0.6 is 0 Å². The maximum atomic E-state index is 9.10. The van der Waals surface area contributed by atoms with Crippen molar-refractivity contribution in [2.75, 3.05) is 11.9 Å². The average molecular weight is 250 g/mol. The monoisotopic (exact) mass is 250 g/mol. The largest absolute Gasteiger partial charge is 0.370 e. The van der Waals surface area contributed by atoms with Crippen LogP contribution in [0.2, 0.25) is 0 Å². The molecule has 0 aliphatic carbocycles. The van der Waals surface area contributed by atoms with Crippen LogP contribution in [0.1, 0.15) is 23.6 Å². The van der Waals surface area contributed by atoms with E-state index in [1.54, 1.807) is 0 Å². The summed E-state index contributed by atoms with van der Waals surface area (Å²) in [5.74, 6) is 0. The lowest BCUT2D eigenvalue weighted by molar-refractivity contribution is 0.918. The van der Waals surface area contributed by atoms with Gasteiger partial charge in [-0.3, -0.25) is 0 Å². The quantitative estimate of drug-likeness (QED) is 0.826. The van der Waals surface area contributed by atoms with Gasteiger partial charge in [0, 0.05) is 19.3 Å². The van der Waals surface area contributed by atoms with Gasteiger partial charge in [-0.25, -0.2) is 0 Å². The molecule has 0 atom stereocenters. The molecule has 2 nitrogen and oxygen atoms in total. The summed E-state index contributed by atoms with van der Waals surface area (Å²) in [5, 5.41) is 9.10. The highest BCUT2D eigenvalue weighted by molar-refractivity contribution is 5.49. The SMILES string of the molecule is CCc1ccc(N(C)Cc2ccccc2C#N)cc1. The van der Waals surface area contributed by atoms with Crippen molar-refractivity contribution >= 4 is 5.69 Å². The molecule has 0 unspecified atom stereocenters. The van der Waals surface area contributed by atoms with Gasteiger partial charge < -0.3 is 4.90 Å². The zero-order chi connectivity index (χ0) is 13.7. The first kappa shape index (κ1) is 13.2. The zero-order valence-corrected chi connectivity index (χ0v) is 11.4. The molecule has 0 saturated carbocycles. The minimum atomic E-state index is 0.745. The van der Waals surface area contributed by atoms with Crippen LogP contribution in [0.3, 0.4) is 0 Å². The summed E-state index contributed by atoms with van der Waals surface area (Å²) < 4.78 is 0. The molecule has 0 heterocycles. The van der Waals surface area contributed by atoms with Gasteiger partial charge in [-0.05, 0) is 35.7 Å². The molecule has 96 valence electrons. The molecular weight excluding hydrogens is 232 g/mol. The van der Waals surface area contributed by atoms with Crippen molar-refractivity contribution < 1.29 is 0 Å². The third kappa shape index (κ3) is 3.14. The molecule has 2 rings (SSSR count). The van der Waals surface area contributed by atoms with Crippen molar-refractivity contribution in [2.45, 2.75) is 19.9 Å². The van der Waals surface area contributed by atoms with Gasteiger partial charge in [-0.2, -0.15) is 5.26 Å². The molecule has 0 N–H and O–H groups in total. The average Bonchev–Trinajstić information content (AvgIpc) is 2.48. The second kappa shape index (κ2) is 6.06. The Hall–Kier alpha value is -2.27. The van der Waals surface area contributed by atoms with E-state index in [9.17, 15) is 0 Å². The molecule has 2 heteroatoms. The fraction of sp³-hybridized carbons (Fsp3) is 0.235. The van der Waals surface area contributed by atoms with E-state index >= 15 is 0 Å². The van der Waals surface area contributed by atoms with Gasteiger partial charge in [-0.1, -0.05) is 37.3 Å². The molecule has 0 aliphatic rings. The fourth-order valence-corrected chi connectivity index (χ4v) is 2.10. The number of benzene rings is 2. The second-order valence-corrected chi connectivity index (χ2v) is 4.65. The third-order valence-electron chi connectivity index (χ3n) is 3.33. The van der Waals surface area contributed by atoms with E-state index in [0.717, 1.165) is 24.1 Å². The fourth-order valence-electron chi connectivity index (χ4n) is 2.10. The first-order chi connectivity index (χ1) is 9.24. The van der Waals surface area contributed by atoms with Crippen LogP contribution in [-0.2, 0) is 13.0 Å². The molecule has 0 bridgehead atoms. The number of anilines is 1.